The standard InChI is InChI=1S/C17H16ClN3O2S/c18-12-3-1-11(2-4-12)14-9-13-16(24-14)17(22)20-15(19-13)10-21-5-7-23-8-6-21/h1-4,9H,5-8,10H2,(H,19,20,22). The Morgan fingerprint density at radius 3 is 2.75 bits per heavy atom. The average molecular weight is 362 g/mol. The fraction of sp³-hybridized carbons (Fsp3) is 0.294. The molecule has 1 aliphatic heterocycles. The van der Waals surface area contributed by atoms with Crippen molar-refractivity contribution in [2.75, 3.05) is 26.3 Å². The van der Waals surface area contributed by atoms with Gasteiger partial charge in [-0.2, -0.15) is 0 Å². The molecule has 2 aromatic heterocycles. The first-order chi connectivity index (χ1) is 11.7. The minimum atomic E-state index is -0.0755. The van der Waals surface area contributed by atoms with Crippen LogP contribution in [0, 0.1) is 0 Å². The summed E-state index contributed by atoms with van der Waals surface area (Å²) in [6.07, 6.45) is 0. The van der Waals surface area contributed by atoms with Gasteiger partial charge < -0.3 is 9.72 Å². The maximum Gasteiger partial charge on any atom is 0.268 e. The molecule has 3 aromatic rings. The minimum absolute atomic E-state index is 0.0755. The number of ether oxygens (including phenoxy) is 1. The van der Waals surface area contributed by atoms with Gasteiger partial charge in [0.2, 0.25) is 0 Å². The second-order valence-electron chi connectivity index (χ2n) is 5.73. The first kappa shape index (κ1) is 15.8. The molecule has 0 saturated carbocycles. The lowest BCUT2D eigenvalue weighted by Crippen LogP contribution is -2.36. The third-order valence-electron chi connectivity index (χ3n) is 4.04. The van der Waals surface area contributed by atoms with E-state index in [0.29, 0.717) is 22.1 Å². The van der Waals surface area contributed by atoms with Crippen molar-refractivity contribution in [2.24, 2.45) is 0 Å². The molecule has 0 amide bonds. The Morgan fingerprint density at radius 1 is 1.25 bits per heavy atom. The van der Waals surface area contributed by atoms with E-state index in [1.807, 2.05) is 30.3 Å². The average Bonchev–Trinajstić information content (AvgIpc) is 3.01. The summed E-state index contributed by atoms with van der Waals surface area (Å²) in [4.78, 5) is 23.2. The van der Waals surface area contributed by atoms with Crippen LogP contribution in [-0.2, 0) is 11.3 Å². The van der Waals surface area contributed by atoms with Crippen molar-refractivity contribution < 1.29 is 4.74 Å². The number of fused-ring (bicyclic) bond motifs is 1. The molecule has 7 heteroatoms. The van der Waals surface area contributed by atoms with Crippen LogP contribution in [0.25, 0.3) is 20.7 Å². The molecule has 0 aliphatic carbocycles. The molecule has 24 heavy (non-hydrogen) atoms. The molecule has 0 radical (unpaired) electrons. The second-order valence-corrected chi connectivity index (χ2v) is 7.22. The van der Waals surface area contributed by atoms with E-state index in [-0.39, 0.29) is 5.56 Å². The van der Waals surface area contributed by atoms with E-state index in [1.54, 1.807) is 0 Å². The number of benzene rings is 1. The van der Waals surface area contributed by atoms with Gasteiger partial charge in [0.15, 0.2) is 0 Å². The molecule has 4 rings (SSSR count). The predicted octanol–water partition coefficient (Wildman–Crippen LogP) is 3.14. The molecule has 1 N–H and O–H groups in total. The molecule has 0 unspecified atom stereocenters. The van der Waals surface area contributed by atoms with Crippen LogP contribution < -0.4 is 5.56 Å². The van der Waals surface area contributed by atoms with Crippen LogP contribution in [0.5, 0.6) is 0 Å². The molecule has 3 heterocycles. The van der Waals surface area contributed by atoms with Crippen molar-refractivity contribution in [1.29, 1.82) is 0 Å². The molecular formula is C17H16ClN3O2S. The predicted molar refractivity (Wildman–Crippen MR) is 96.8 cm³/mol. The van der Waals surface area contributed by atoms with Gasteiger partial charge in [0.05, 0.1) is 25.3 Å². The number of thiophene rings is 1. The summed E-state index contributed by atoms with van der Waals surface area (Å²) < 4.78 is 6.01. The van der Waals surface area contributed by atoms with Crippen LogP contribution >= 0.6 is 22.9 Å². The van der Waals surface area contributed by atoms with Gasteiger partial charge in [-0.25, -0.2) is 4.98 Å². The van der Waals surface area contributed by atoms with Gasteiger partial charge in [-0.05, 0) is 23.8 Å². The summed E-state index contributed by atoms with van der Waals surface area (Å²) in [5, 5.41) is 0.698. The van der Waals surface area contributed by atoms with Crippen molar-refractivity contribution in [3.8, 4) is 10.4 Å². The number of aromatic nitrogens is 2. The molecule has 1 aliphatic rings. The first-order valence-electron chi connectivity index (χ1n) is 7.78. The maximum atomic E-state index is 12.4. The molecule has 5 nitrogen and oxygen atoms in total. The number of morpholine rings is 1. The molecule has 1 fully saturated rings. The Bertz CT molecular complexity index is 914. The highest BCUT2D eigenvalue weighted by Crippen LogP contribution is 2.31. The van der Waals surface area contributed by atoms with Gasteiger partial charge in [-0.3, -0.25) is 9.69 Å². The van der Waals surface area contributed by atoms with E-state index in [9.17, 15) is 4.79 Å². The summed E-state index contributed by atoms with van der Waals surface area (Å²) in [6.45, 7) is 3.82. The van der Waals surface area contributed by atoms with E-state index < -0.39 is 0 Å². The van der Waals surface area contributed by atoms with Gasteiger partial charge in [0.25, 0.3) is 5.56 Å². The fourth-order valence-corrected chi connectivity index (χ4v) is 3.91. The Morgan fingerprint density at radius 2 is 2.00 bits per heavy atom. The zero-order valence-corrected chi connectivity index (χ0v) is 14.5. The SMILES string of the molecule is O=c1[nH]c(CN2CCOCC2)nc2cc(-c3ccc(Cl)cc3)sc12. The molecular weight excluding hydrogens is 346 g/mol. The Labute approximate surface area is 147 Å². The monoisotopic (exact) mass is 361 g/mol. The third kappa shape index (κ3) is 3.23. The number of halogens is 1. The quantitative estimate of drug-likeness (QED) is 0.778. The smallest absolute Gasteiger partial charge is 0.268 e. The molecule has 0 bridgehead atoms. The summed E-state index contributed by atoms with van der Waals surface area (Å²) in [5.74, 6) is 0.704. The molecule has 1 saturated heterocycles. The van der Waals surface area contributed by atoms with E-state index >= 15 is 0 Å². The Kier molecular flexibility index (Phi) is 4.37. The van der Waals surface area contributed by atoms with E-state index in [1.165, 1.54) is 11.3 Å². The molecule has 0 spiro atoms. The highest BCUT2D eigenvalue weighted by atomic mass is 35.5. The normalized spacial score (nSPS) is 15.9. The number of hydrogen-bond acceptors (Lipinski definition) is 5. The number of H-pyrrole nitrogens is 1. The van der Waals surface area contributed by atoms with Crippen molar-refractivity contribution in [3.05, 3.63) is 51.5 Å². The van der Waals surface area contributed by atoms with E-state index in [2.05, 4.69) is 14.9 Å². The lowest BCUT2D eigenvalue weighted by molar-refractivity contribution is 0.0331. The van der Waals surface area contributed by atoms with Crippen LogP contribution in [0.2, 0.25) is 5.02 Å². The van der Waals surface area contributed by atoms with Crippen LogP contribution in [-0.4, -0.2) is 41.2 Å². The highest BCUT2D eigenvalue weighted by Gasteiger charge is 2.14. The molecule has 1 aromatic carbocycles. The van der Waals surface area contributed by atoms with Crippen LogP contribution in [0.1, 0.15) is 5.82 Å². The van der Waals surface area contributed by atoms with Crippen molar-refractivity contribution in [1.82, 2.24) is 14.9 Å². The number of hydrogen-bond donors (Lipinski definition) is 1. The van der Waals surface area contributed by atoms with Gasteiger partial charge in [0.1, 0.15) is 10.5 Å². The van der Waals surface area contributed by atoms with Gasteiger partial charge >= 0.3 is 0 Å². The zero-order valence-electron chi connectivity index (χ0n) is 12.9. The minimum Gasteiger partial charge on any atom is -0.379 e. The van der Waals surface area contributed by atoms with Gasteiger partial charge in [-0.15, -0.1) is 11.3 Å². The highest BCUT2D eigenvalue weighted by molar-refractivity contribution is 7.22. The Balaban J connectivity index is 1.67. The van der Waals surface area contributed by atoms with Crippen molar-refractivity contribution >= 4 is 33.2 Å². The molecule has 124 valence electrons. The number of aromatic amines is 1. The van der Waals surface area contributed by atoms with Crippen LogP contribution in [0.4, 0.5) is 0 Å². The Hall–Kier alpha value is -1.73. The largest absolute Gasteiger partial charge is 0.379 e. The van der Waals surface area contributed by atoms with Crippen molar-refractivity contribution in [3.63, 3.8) is 0 Å². The zero-order chi connectivity index (χ0) is 16.5. The summed E-state index contributed by atoms with van der Waals surface area (Å²) in [7, 11) is 0. The summed E-state index contributed by atoms with van der Waals surface area (Å²) in [6, 6.07) is 9.58. The fourth-order valence-electron chi connectivity index (χ4n) is 2.79. The first-order valence-corrected chi connectivity index (χ1v) is 8.97. The second kappa shape index (κ2) is 6.64. The summed E-state index contributed by atoms with van der Waals surface area (Å²) >= 11 is 7.39. The van der Waals surface area contributed by atoms with E-state index in [0.717, 1.165) is 42.3 Å². The van der Waals surface area contributed by atoms with Gasteiger partial charge in [0, 0.05) is 23.0 Å². The van der Waals surface area contributed by atoms with Gasteiger partial charge in [-0.1, -0.05) is 23.7 Å². The van der Waals surface area contributed by atoms with Crippen molar-refractivity contribution in [2.45, 2.75) is 6.54 Å². The number of nitrogens with one attached hydrogen (secondary N) is 1. The summed E-state index contributed by atoms with van der Waals surface area (Å²) in [5.41, 5.74) is 1.71. The number of nitrogens with zero attached hydrogens (tertiary/aromatic N) is 2. The third-order valence-corrected chi connectivity index (χ3v) is 5.46. The number of rotatable bonds is 3. The lowest BCUT2D eigenvalue weighted by Gasteiger charge is -2.25. The van der Waals surface area contributed by atoms with Crippen LogP contribution in [0.3, 0.4) is 0 Å². The van der Waals surface area contributed by atoms with Crippen LogP contribution in [0.15, 0.2) is 35.1 Å². The maximum absolute atomic E-state index is 12.4. The molecule has 0 atom stereocenters. The lowest BCUT2D eigenvalue weighted by atomic mass is 10.2. The van der Waals surface area contributed by atoms with E-state index in [4.69, 9.17) is 16.3 Å². The topological polar surface area (TPSA) is 58.2 Å².